The maximum absolute atomic E-state index is 13.1. The van der Waals surface area contributed by atoms with E-state index in [1.54, 1.807) is 19.5 Å². The largest absolute Gasteiger partial charge is 0.360 e. The molecule has 0 radical (unpaired) electrons. The molecule has 0 amide bonds. The highest BCUT2D eigenvalue weighted by molar-refractivity contribution is 6.02. The third kappa shape index (κ3) is 2.23. The van der Waals surface area contributed by atoms with Crippen molar-refractivity contribution in [3.8, 4) is 0 Å². The second kappa shape index (κ2) is 5.95. The maximum Gasteiger partial charge on any atom is 0.238 e. The van der Waals surface area contributed by atoms with Gasteiger partial charge < -0.3 is 9.72 Å². The molecule has 1 aromatic heterocycles. The van der Waals surface area contributed by atoms with Gasteiger partial charge in [-0.1, -0.05) is 60.7 Å². The predicted octanol–water partition coefficient (Wildman–Crippen LogP) is 3.18. The summed E-state index contributed by atoms with van der Waals surface area (Å²) >= 11 is 0. The first-order valence-corrected chi connectivity index (χ1v) is 6.99. The highest BCUT2D eigenvalue weighted by Crippen LogP contribution is 2.35. The number of carbonyl (C=O) groups excluding carboxylic acids is 1. The average Bonchev–Trinajstić information content (AvgIpc) is 3.12. The number of Topliss-reactive ketones (excluding diaryl/α,β-unsaturated/α-hetero) is 1. The second-order valence-corrected chi connectivity index (χ2v) is 4.88. The van der Waals surface area contributed by atoms with E-state index in [9.17, 15) is 4.79 Å². The Kier molecular flexibility index (Phi) is 3.85. The zero-order valence-electron chi connectivity index (χ0n) is 12.2. The Hall–Kier alpha value is -2.72. The Morgan fingerprint density at radius 2 is 1.55 bits per heavy atom. The normalized spacial score (nSPS) is 11.3. The molecule has 0 aliphatic heterocycles. The highest BCUT2D eigenvalue weighted by Gasteiger charge is 2.43. The summed E-state index contributed by atoms with van der Waals surface area (Å²) in [6.45, 7) is 0. The number of H-pyrrole nitrogens is 1. The predicted molar refractivity (Wildman–Crippen MR) is 83.6 cm³/mol. The topological polar surface area (TPSA) is 55.0 Å². The van der Waals surface area contributed by atoms with Crippen LogP contribution in [0.15, 0.2) is 73.1 Å². The first kappa shape index (κ1) is 14.2. The standard InChI is InChI=1S/C18H16N2O2/c1-22-18(14-8-4-2-5-9-14,15-10-6-3-7-11-15)16(21)17-19-12-13-20-17/h2-13H,1H3,(H,19,20). The van der Waals surface area contributed by atoms with Crippen LogP contribution >= 0.6 is 0 Å². The molecule has 0 unspecified atom stereocenters. The summed E-state index contributed by atoms with van der Waals surface area (Å²) in [5, 5.41) is 0. The van der Waals surface area contributed by atoms with E-state index in [1.807, 2.05) is 60.7 Å². The number of ether oxygens (including phenoxy) is 1. The Bertz CT molecular complexity index is 698. The zero-order chi connectivity index (χ0) is 15.4. The minimum atomic E-state index is -1.22. The lowest BCUT2D eigenvalue weighted by Crippen LogP contribution is -2.39. The first-order chi connectivity index (χ1) is 10.8. The van der Waals surface area contributed by atoms with Crippen LogP contribution in [0.1, 0.15) is 21.7 Å². The summed E-state index contributed by atoms with van der Waals surface area (Å²) in [6, 6.07) is 18.9. The highest BCUT2D eigenvalue weighted by atomic mass is 16.5. The molecule has 1 N–H and O–H groups in total. The fourth-order valence-electron chi connectivity index (χ4n) is 2.66. The molecule has 0 aliphatic rings. The van der Waals surface area contributed by atoms with Crippen LogP contribution < -0.4 is 0 Å². The number of nitrogens with one attached hydrogen (secondary N) is 1. The number of aromatic amines is 1. The molecule has 0 spiro atoms. The van der Waals surface area contributed by atoms with Crippen molar-refractivity contribution in [3.63, 3.8) is 0 Å². The van der Waals surface area contributed by atoms with Crippen LogP contribution in [0.2, 0.25) is 0 Å². The van der Waals surface area contributed by atoms with Gasteiger partial charge in [-0.2, -0.15) is 0 Å². The van der Waals surface area contributed by atoms with Gasteiger partial charge in [-0.05, 0) is 11.1 Å². The van der Waals surface area contributed by atoms with Gasteiger partial charge in [-0.15, -0.1) is 0 Å². The Morgan fingerprint density at radius 3 is 1.95 bits per heavy atom. The van der Waals surface area contributed by atoms with E-state index in [0.29, 0.717) is 0 Å². The Morgan fingerprint density at radius 1 is 1.00 bits per heavy atom. The van der Waals surface area contributed by atoms with Crippen molar-refractivity contribution in [1.29, 1.82) is 0 Å². The van der Waals surface area contributed by atoms with Gasteiger partial charge in [-0.25, -0.2) is 4.98 Å². The van der Waals surface area contributed by atoms with E-state index in [2.05, 4.69) is 9.97 Å². The average molecular weight is 292 g/mol. The fourth-order valence-corrected chi connectivity index (χ4v) is 2.66. The molecule has 0 aliphatic carbocycles. The number of imidazole rings is 1. The van der Waals surface area contributed by atoms with Crippen LogP contribution in [0, 0.1) is 0 Å². The number of methoxy groups -OCH3 is 1. The number of nitrogens with zero attached hydrogens (tertiary/aromatic N) is 1. The van der Waals surface area contributed by atoms with Crippen LogP contribution in [0.4, 0.5) is 0 Å². The summed E-state index contributed by atoms with van der Waals surface area (Å²) in [5.74, 6) is 0.0481. The third-order valence-electron chi connectivity index (χ3n) is 3.70. The fraction of sp³-hybridized carbons (Fsp3) is 0.111. The van der Waals surface area contributed by atoms with E-state index in [1.165, 1.54) is 0 Å². The van der Waals surface area contributed by atoms with Gasteiger partial charge in [0.15, 0.2) is 11.4 Å². The lowest BCUT2D eigenvalue weighted by Gasteiger charge is -2.31. The number of hydrogen-bond acceptors (Lipinski definition) is 3. The monoisotopic (exact) mass is 292 g/mol. The zero-order valence-corrected chi connectivity index (χ0v) is 12.2. The van der Waals surface area contributed by atoms with Crippen molar-refractivity contribution in [2.45, 2.75) is 5.60 Å². The lowest BCUT2D eigenvalue weighted by atomic mass is 9.82. The number of aromatic nitrogens is 2. The van der Waals surface area contributed by atoms with Crippen LogP contribution in [-0.2, 0) is 10.3 Å². The van der Waals surface area contributed by atoms with Crippen molar-refractivity contribution in [2.75, 3.05) is 7.11 Å². The minimum absolute atomic E-state index is 0.225. The molecule has 1 heterocycles. The van der Waals surface area contributed by atoms with Crippen LogP contribution in [-0.4, -0.2) is 22.9 Å². The summed E-state index contributed by atoms with van der Waals surface area (Å²) in [5.41, 5.74) is 0.315. The van der Waals surface area contributed by atoms with Gasteiger partial charge in [0.2, 0.25) is 5.78 Å². The summed E-state index contributed by atoms with van der Waals surface area (Å²) < 4.78 is 5.79. The SMILES string of the molecule is COC(C(=O)c1ncc[nH]1)(c1ccccc1)c1ccccc1. The number of rotatable bonds is 5. The molecule has 3 rings (SSSR count). The molecular formula is C18H16N2O2. The number of carbonyl (C=O) groups is 1. The van der Waals surface area contributed by atoms with Crippen LogP contribution in [0.5, 0.6) is 0 Å². The van der Waals surface area contributed by atoms with Gasteiger partial charge in [0.1, 0.15) is 0 Å². The molecule has 0 fully saturated rings. The smallest absolute Gasteiger partial charge is 0.238 e. The molecule has 0 atom stereocenters. The van der Waals surface area contributed by atoms with Crippen molar-refractivity contribution >= 4 is 5.78 Å². The van der Waals surface area contributed by atoms with Gasteiger partial charge in [0.05, 0.1) is 0 Å². The van der Waals surface area contributed by atoms with E-state index in [4.69, 9.17) is 4.74 Å². The van der Waals surface area contributed by atoms with Gasteiger partial charge in [0.25, 0.3) is 0 Å². The van der Waals surface area contributed by atoms with Gasteiger partial charge >= 0.3 is 0 Å². The van der Waals surface area contributed by atoms with Crippen molar-refractivity contribution in [1.82, 2.24) is 9.97 Å². The number of ketones is 1. The molecular weight excluding hydrogens is 276 g/mol. The molecule has 2 aromatic carbocycles. The number of hydrogen-bond donors (Lipinski definition) is 1. The van der Waals surface area contributed by atoms with E-state index < -0.39 is 5.60 Å². The third-order valence-corrected chi connectivity index (χ3v) is 3.70. The Labute approximate surface area is 128 Å². The van der Waals surface area contributed by atoms with Crippen molar-refractivity contribution in [2.24, 2.45) is 0 Å². The summed E-state index contributed by atoms with van der Waals surface area (Å²) in [7, 11) is 1.54. The molecule has 0 saturated carbocycles. The van der Waals surface area contributed by atoms with E-state index in [0.717, 1.165) is 11.1 Å². The summed E-state index contributed by atoms with van der Waals surface area (Å²) in [6.07, 6.45) is 3.19. The van der Waals surface area contributed by atoms with Gasteiger partial charge in [-0.3, -0.25) is 4.79 Å². The van der Waals surface area contributed by atoms with Gasteiger partial charge in [0, 0.05) is 19.5 Å². The van der Waals surface area contributed by atoms with Crippen LogP contribution in [0.3, 0.4) is 0 Å². The molecule has 4 heteroatoms. The molecule has 3 aromatic rings. The molecule has 0 bridgehead atoms. The van der Waals surface area contributed by atoms with E-state index in [-0.39, 0.29) is 11.6 Å². The van der Waals surface area contributed by atoms with Crippen LogP contribution in [0.25, 0.3) is 0 Å². The summed E-state index contributed by atoms with van der Waals surface area (Å²) in [4.78, 5) is 20.1. The van der Waals surface area contributed by atoms with Crippen molar-refractivity contribution in [3.05, 3.63) is 90.0 Å². The molecule has 22 heavy (non-hydrogen) atoms. The van der Waals surface area contributed by atoms with E-state index >= 15 is 0 Å². The molecule has 110 valence electrons. The maximum atomic E-state index is 13.1. The minimum Gasteiger partial charge on any atom is -0.360 e. The van der Waals surface area contributed by atoms with Crippen molar-refractivity contribution < 1.29 is 9.53 Å². The first-order valence-electron chi connectivity index (χ1n) is 6.99. The molecule has 0 saturated heterocycles. The quantitative estimate of drug-likeness (QED) is 0.735. The Balaban J connectivity index is 2.24. The number of benzene rings is 2. The lowest BCUT2D eigenvalue weighted by molar-refractivity contribution is 0.0216. The molecule has 4 nitrogen and oxygen atoms in total. The second-order valence-electron chi connectivity index (χ2n) is 4.88.